The van der Waals surface area contributed by atoms with E-state index in [1.165, 1.54) is 24.0 Å². The van der Waals surface area contributed by atoms with E-state index in [1.54, 1.807) is 18.1 Å². The number of carbonyl (C=O) groups excluding carboxylic acids is 1. The Kier molecular flexibility index (Phi) is 6.50. The van der Waals surface area contributed by atoms with Crippen LogP contribution in [-0.4, -0.2) is 52.7 Å². The molecule has 1 fully saturated rings. The van der Waals surface area contributed by atoms with Crippen LogP contribution in [0.2, 0.25) is 0 Å². The minimum Gasteiger partial charge on any atom is -0.336 e. The Morgan fingerprint density at radius 3 is 2.63 bits per heavy atom. The van der Waals surface area contributed by atoms with Gasteiger partial charge in [0.1, 0.15) is 0 Å². The third-order valence-electron chi connectivity index (χ3n) is 5.48. The number of hydrogen-bond donors (Lipinski definition) is 2. The van der Waals surface area contributed by atoms with Crippen molar-refractivity contribution in [1.82, 2.24) is 25.3 Å². The zero-order valence-corrected chi connectivity index (χ0v) is 16.6. The highest BCUT2D eigenvalue weighted by atomic mass is 16.2. The minimum atomic E-state index is -0.0629. The minimum absolute atomic E-state index is 0.0629. The van der Waals surface area contributed by atoms with Crippen LogP contribution in [0.25, 0.3) is 0 Å². The van der Waals surface area contributed by atoms with Crippen LogP contribution in [0, 0.1) is 12.8 Å². The van der Waals surface area contributed by atoms with Crippen LogP contribution in [0.15, 0.2) is 36.5 Å². The number of nitrogens with one attached hydrogen (secondary N) is 2. The summed E-state index contributed by atoms with van der Waals surface area (Å²) in [5.41, 5.74) is 3.45. The summed E-state index contributed by atoms with van der Waals surface area (Å²) in [6.45, 7) is 7.73. The van der Waals surface area contributed by atoms with Gasteiger partial charge in [0.25, 0.3) is 0 Å². The van der Waals surface area contributed by atoms with Crippen LogP contribution in [0.5, 0.6) is 0 Å². The van der Waals surface area contributed by atoms with Crippen molar-refractivity contribution >= 4 is 6.03 Å². The second-order valence-electron chi connectivity index (χ2n) is 7.77. The molecule has 0 saturated carbocycles. The van der Waals surface area contributed by atoms with Gasteiger partial charge in [0, 0.05) is 19.8 Å². The zero-order valence-electron chi connectivity index (χ0n) is 16.6. The molecule has 27 heavy (non-hydrogen) atoms. The number of urea groups is 1. The molecule has 6 heteroatoms. The van der Waals surface area contributed by atoms with Gasteiger partial charge in [0.05, 0.1) is 18.3 Å². The van der Waals surface area contributed by atoms with Crippen LogP contribution in [0.3, 0.4) is 0 Å². The molecular formula is C21H31N5O. The second-order valence-corrected chi connectivity index (χ2v) is 7.77. The van der Waals surface area contributed by atoms with E-state index < -0.39 is 0 Å². The lowest BCUT2D eigenvalue weighted by Gasteiger charge is -2.37. The number of rotatable bonds is 6. The van der Waals surface area contributed by atoms with Crippen LogP contribution in [-0.2, 0) is 6.54 Å². The summed E-state index contributed by atoms with van der Waals surface area (Å²) >= 11 is 0. The summed E-state index contributed by atoms with van der Waals surface area (Å²) < 4.78 is 0. The van der Waals surface area contributed by atoms with Crippen molar-refractivity contribution in [3.63, 3.8) is 0 Å². The smallest absolute Gasteiger partial charge is 0.317 e. The molecule has 0 bridgehead atoms. The number of carbonyl (C=O) groups is 1. The van der Waals surface area contributed by atoms with Gasteiger partial charge in [-0.25, -0.2) is 4.79 Å². The quantitative estimate of drug-likeness (QED) is 0.821. The van der Waals surface area contributed by atoms with E-state index in [-0.39, 0.29) is 12.1 Å². The molecule has 1 aliphatic rings. The van der Waals surface area contributed by atoms with E-state index in [4.69, 9.17) is 0 Å². The van der Waals surface area contributed by atoms with Crippen molar-refractivity contribution < 1.29 is 4.79 Å². The predicted molar refractivity (Wildman–Crippen MR) is 107 cm³/mol. The van der Waals surface area contributed by atoms with Gasteiger partial charge in [-0.1, -0.05) is 36.8 Å². The highest BCUT2D eigenvalue weighted by Crippen LogP contribution is 2.26. The van der Waals surface area contributed by atoms with Gasteiger partial charge >= 0.3 is 6.03 Å². The van der Waals surface area contributed by atoms with Crippen molar-refractivity contribution in [2.24, 2.45) is 5.92 Å². The lowest BCUT2D eigenvalue weighted by atomic mass is 9.95. The number of H-pyrrole nitrogens is 1. The highest BCUT2D eigenvalue weighted by molar-refractivity contribution is 5.73. The molecule has 1 saturated heterocycles. The Bertz CT molecular complexity index is 705. The van der Waals surface area contributed by atoms with Crippen molar-refractivity contribution in [3.05, 3.63) is 53.3 Å². The van der Waals surface area contributed by atoms with Gasteiger partial charge in [-0.05, 0) is 50.4 Å². The predicted octanol–water partition coefficient (Wildman–Crippen LogP) is 3.33. The molecule has 0 spiro atoms. The molecule has 1 aromatic heterocycles. The van der Waals surface area contributed by atoms with Gasteiger partial charge in [-0.15, -0.1) is 0 Å². The Morgan fingerprint density at radius 1 is 1.30 bits per heavy atom. The monoisotopic (exact) mass is 369 g/mol. The number of nitrogens with zero attached hydrogens (tertiary/aromatic N) is 3. The van der Waals surface area contributed by atoms with E-state index in [0.717, 1.165) is 24.7 Å². The maximum absolute atomic E-state index is 12.6. The number of aromatic amines is 1. The molecule has 1 aromatic carbocycles. The Morgan fingerprint density at radius 2 is 2.00 bits per heavy atom. The van der Waals surface area contributed by atoms with Gasteiger partial charge < -0.3 is 10.2 Å². The highest BCUT2D eigenvalue weighted by Gasteiger charge is 2.25. The maximum Gasteiger partial charge on any atom is 0.317 e. The average Bonchev–Trinajstić information content (AvgIpc) is 3.17. The summed E-state index contributed by atoms with van der Waals surface area (Å²) in [6.07, 6.45) is 4.14. The van der Waals surface area contributed by atoms with E-state index >= 15 is 0 Å². The number of aryl methyl sites for hydroxylation is 1. The van der Waals surface area contributed by atoms with Crippen LogP contribution < -0.4 is 5.32 Å². The second kappa shape index (κ2) is 9.04. The molecule has 146 valence electrons. The molecule has 6 nitrogen and oxygen atoms in total. The molecular weight excluding hydrogens is 338 g/mol. The molecule has 2 amide bonds. The van der Waals surface area contributed by atoms with Gasteiger partial charge in [0.2, 0.25) is 0 Å². The van der Waals surface area contributed by atoms with Crippen molar-refractivity contribution in [1.29, 1.82) is 0 Å². The Labute approximate surface area is 161 Å². The first-order chi connectivity index (χ1) is 13.0. The number of hydrogen-bond acceptors (Lipinski definition) is 3. The SMILES string of the molecule is Cc1ccc([C@@H](CNC(=O)N(C)Cc2ccn[nH]2)N2CCC(C)CC2)cc1. The Hall–Kier alpha value is -2.34. The Balaban J connectivity index is 1.63. The van der Waals surface area contributed by atoms with Gasteiger partial charge in [-0.2, -0.15) is 5.10 Å². The van der Waals surface area contributed by atoms with Crippen LogP contribution in [0.1, 0.15) is 42.6 Å². The lowest BCUT2D eigenvalue weighted by Crippen LogP contribution is -2.44. The molecule has 0 radical (unpaired) electrons. The third kappa shape index (κ3) is 5.32. The summed E-state index contributed by atoms with van der Waals surface area (Å²) in [7, 11) is 1.81. The molecule has 1 atom stereocenters. The maximum atomic E-state index is 12.6. The van der Waals surface area contributed by atoms with E-state index in [1.807, 2.05) is 6.07 Å². The number of amides is 2. The fraction of sp³-hybridized carbons (Fsp3) is 0.524. The summed E-state index contributed by atoms with van der Waals surface area (Å²) in [5, 5.41) is 9.96. The van der Waals surface area contributed by atoms with Gasteiger partial charge in [-0.3, -0.25) is 10.00 Å². The average molecular weight is 370 g/mol. The molecule has 0 unspecified atom stereocenters. The number of aromatic nitrogens is 2. The first-order valence-corrected chi connectivity index (χ1v) is 9.80. The standard InChI is InChI=1S/C21H31N5O/c1-16-4-6-18(7-5-16)20(26-12-9-17(2)10-13-26)14-22-21(27)25(3)15-19-8-11-23-24-19/h4-8,11,17,20H,9-10,12-15H2,1-3H3,(H,22,27)(H,23,24)/t20-/m1/s1. The van der Waals surface area contributed by atoms with Crippen molar-refractivity contribution in [2.45, 2.75) is 39.3 Å². The summed E-state index contributed by atoms with van der Waals surface area (Å²) in [4.78, 5) is 16.7. The third-order valence-corrected chi connectivity index (χ3v) is 5.48. The molecule has 2 N–H and O–H groups in total. The molecule has 0 aliphatic carbocycles. The molecule has 2 heterocycles. The van der Waals surface area contributed by atoms with Crippen LogP contribution in [0.4, 0.5) is 4.79 Å². The van der Waals surface area contributed by atoms with Crippen molar-refractivity contribution in [2.75, 3.05) is 26.7 Å². The van der Waals surface area contributed by atoms with Crippen LogP contribution >= 0.6 is 0 Å². The van der Waals surface area contributed by atoms with E-state index in [2.05, 4.69) is 58.5 Å². The number of benzene rings is 1. The molecule has 1 aliphatic heterocycles. The number of piperidine rings is 1. The number of likely N-dealkylation sites (tertiary alicyclic amines) is 1. The largest absolute Gasteiger partial charge is 0.336 e. The fourth-order valence-corrected chi connectivity index (χ4v) is 3.61. The van der Waals surface area contributed by atoms with E-state index in [0.29, 0.717) is 13.1 Å². The molecule has 3 rings (SSSR count). The first kappa shape index (κ1) is 19.4. The van der Waals surface area contributed by atoms with E-state index in [9.17, 15) is 4.79 Å². The fourth-order valence-electron chi connectivity index (χ4n) is 3.61. The molecule has 2 aromatic rings. The summed E-state index contributed by atoms with van der Waals surface area (Å²) in [6, 6.07) is 10.7. The topological polar surface area (TPSA) is 64.3 Å². The summed E-state index contributed by atoms with van der Waals surface area (Å²) in [5.74, 6) is 0.787. The van der Waals surface area contributed by atoms with Crippen molar-refractivity contribution in [3.8, 4) is 0 Å². The normalized spacial score (nSPS) is 16.9. The van der Waals surface area contributed by atoms with Gasteiger partial charge in [0.15, 0.2) is 0 Å². The lowest BCUT2D eigenvalue weighted by molar-refractivity contribution is 0.134. The zero-order chi connectivity index (χ0) is 19.2. The first-order valence-electron chi connectivity index (χ1n) is 9.80.